The van der Waals surface area contributed by atoms with Crippen LogP contribution in [0, 0.1) is 12.8 Å². The molecule has 1 saturated heterocycles. The molecule has 0 radical (unpaired) electrons. The number of aromatic nitrogens is 1. The molecule has 2 rings (SSSR count). The molecule has 0 spiro atoms. The van der Waals surface area contributed by atoms with Gasteiger partial charge in [0.25, 0.3) is 0 Å². The van der Waals surface area contributed by atoms with Crippen LogP contribution in [0.1, 0.15) is 29.7 Å². The zero-order chi connectivity index (χ0) is 13.1. The lowest BCUT2D eigenvalue weighted by Gasteiger charge is -2.25. The number of likely N-dealkylation sites (tertiary alicyclic amines) is 1. The third-order valence-electron chi connectivity index (χ3n) is 3.56. The van der Waals surface area contributed by atoms with E-state index >= 15 is 0 Å². The van der Waals surface area contributed by atoms with Crippen molar-refractivity contribution in [3.63, 3.8) is 0 Å². The summed E-state index contributed by atoms with van der Waals surface area (Å²) in [6.07, 6.45) is 4.08. The maximum Gasteiger partial charge on any atom is 0.240 e. The number of nitrogens with zero attached hydrogens (tertiary/aromatic N) is 2. The van der Waals surface area contributed by atoms with Gasteiger partial charge in [-0.15, -0.1) is 11.3 Å². The van der Waals surface area contributed by atoms with E-state index in [0.29, 0.717) is 12.5 Å². The van der Waals surface area contributed by atoms with Gasteiger partial charge in [0.1, 0.15) is 0 Å². The van der Waals surface area contributed by atoms with Gasteiger partial charge in [0.2, 0.25) is 5.91 Å². The molecular weight excluding hydrogens is 246 g/mol. The minimum absolute atomic E-state index is 0.0403. The summed E-state index contributed by atoms with van der Waals surface area (Å²) in [6, 6.07) is -0.0403. The molecular formula is C13H21N3OS. The summed E-state index contributed by atoms with van der Waals surface area (Å²) in [6.45, 7) is 5.71. The third kappa shape index (κ3) is 2.90. The Morgan fingerprint density at radius 2 is 2.39 bits per heavy atom. The SMILES string of the molecule is CNC1C(=O)N(Cc2cnc(C)s2)CCCC1C. The Morgan fingerprint density at radius 3 is 3.00 bits per heavy atom. The molecule has 0 bridgehead atoms. The molecule has 1 aliphatic heterocycles. The summed E-state index contributed by atoms with van der Waals surface area (Å²) >= 11 is 1.67. The molecule has 1 aromatic heterocycles. The van der Waals surface area contributed by atoms with Crippen molar-refractivity contribution in [1.82, 2.24) is 15.2 Å². The Labute approximate surface area is 112 Å². The minimum Gasteiger partial charge on any atom is -0.336 e. The predicted octanol–water partition coefficient (Wildman–Crippen LogP) is 1.80. The molecule has 0 aliphatic carbocycles. The van der Waals surface area contributed by atoms with Crippen LogP contribution in [0.25, 0.3) is 0 Å². The maximum absolute atomic E-state index is 12.4. The van der Waals surface area contributed by atoms with Crippen LogP contribution >= 0.6 is 11.3 Å². The molecule has 2 atom stereocenters. The molecule has 1 amide bonds. The fourth-order valence-corrected chi connectivity index (χ4v) is 3.36. The normalized spacial score (nSPS) is 25.3. The summed E-state index contributed by atoms with van der Waals surface area (Å²) in [5, 5.41) is 4.22. The molecule has 1 fully saturated rings. The van der Waals surface area contributed by atoms with Crippen molar-refractivity contribution < 1.29 is 4.79 Å². The summed E-state index contributed by atoms with van der Waals surface area (Å²) < 4.78 is 0. The molecule has 1 aliphatic rings. The van der Waals surface area contributed by atoms with E-state index in [-0.39, 0.29) is 11.9 Å². The monoisotopic (exact) mass is 267 g/mol. The molecule has 100 valence electrons. The average molecular weight is 267 g/mol. The van der Waals surface area contributed by atoms with E-state index in [9.17, 15) is 4.79 Å². The van der Waals surface area contributed by atoms with Gasteiger partial charge in [0, 0.05) is 17.6 Å². The number of carbonyl (C=O) groups excluding carboxylic acids is 1. The Bertz CT molecular complexity index is 418. The lowest BCUT2D eigenvalue weighted by atomic mass is 9.98. The molecule has 4 nitrogen and oxygen atoms in total. The van der Waals surface area contributed by atoms with Gasteiger partial charge in [-0.05, 0) is 32.7 Å². The number of thiazole rings is 1. The molecule has 1 N–H and O–H groups in total. The molecule has 0 aromatic carbocycles. The highest BCUT2D eigenvalue weighted by molar-refractivity contribution is 7.11. The Balaban J connectivity index is 2.09. The van der Waals surface area contributed by atoms with Gasteiger partial charge in [-0.25, -0.2) is 4.98 Å². The highest BCUT2D eigenvalue weighted by atomic mass is 32.1. The van der Waals surface area contributed by atoms with E-state index in [1.807, 2.05) is 25.1 Å². The van der Waals surface area contributed by atoms with Crippen molar-refractivity contribution >= 4 is 17.2 Å². The van der Waals surface area contributed by atoms with E-state index in [0.717, 1.165) is 24.4 Å². The molecule has 5 heteroatoms. The largest absolute Gasteiger partial charge is 0.336 e. The van der Waals surface area contributed by atoms with Crippen LogP contribution in [0.4, 0.5) is 0 Å². The van der Waals surface area contributed by atoms with Crippen molar-refractivity contribution in [2.24, 2.45) is 5.92 Å². The van der Waals surface area contributed by atoms with E-state index in [2.05, 4.69) is 17.2 Å². The van der Waals surface area contributed by atoms with Crippen molar-refractivity contribution in [1.29, 1.82) is 0 Å². The minimum atomic E-state index is -0.0403. The Kier molecular flexibility index (Phi) is 4.35. The zero-order valence-corrected chi connectivity index (χ0v) is 12.1. The number of carbonyl (C=O) groups is 1. The quantitative estimate of drug-likeness (QED) is 0.908. The van der Waals surface area contributed by atoms with Crippen molar-refractivity contribution in [2.45, 2.75) is 39.3 Å². The summed E-state index contributed by atoms with van der Waals surface area (Å²) in [4.78, 5) is 19.8. The van der Waals surface area contributed by atoms with Crippen LogP contribution in [0.15, 0.2) is 6.20 Å². The summed E-state index contributed by atoms with van der Waals surface area (Å²) in [5.41, 5.74) is 0. The average Bonchev–Trinajstić information content (AvgIpc) is 2.68. The van der Waals surface area contributed by atoms with Crippen molar-refractivity contribution in [2.75, 3.05) is 13.6 Å². The first-order chi connectivity index (χ1) is 8.61. The van der Waals surface area contributed by atoms with Crippen LogP contribution in [0.5, 0.6) is 0 Å². The Hall–Kier alpha value is -0.940. The second kappa shape index (κ2) is 5.80. The Morgan fingerprint density at radius 1 is 1.61 bits per heavy atom. The van der Waals surface area contributed by atoms with Crippen molar-refractivity contribution in [3.05, 3.63) is 16.1 Å². The zero-order valence-electron chi connectivity index (χ0n) is 11.3. The van der Waals surface area contributed by atoms with Gasteiger partial charge >= 0.3 is 0 Å². The van der Waals surface area contributed by atoms with E-state index in [1.54, 1.807) is 11.3 Å². The fraction of sp³-hybridized carbons (Fsp3) is 0.692. The fourth-order valence-electron chi connectivity index (χ4n) is 2.55. The lowest BCUT2D eigenvalue weighted by Crippen LogP contribution is -2.46. The number of aryl methyl sites for hydroxylation is 1. The third-order valence-corrected chi connectivity index (χ3v) is 4.46. The first-order valence-electron chi connectivity index (χ1n) is 6.49. The van der Waals surface area contributed by atoms with Gasteiger partial charge in [-0.3, -0.25) is 4.79 Å². The number of hydrogen-bond donors (Lipinski definition) is 1. The molecule has 18 heavy (non-hydrogen) atoms. The highest BCUT2D eigenvalue weighted by Gasteiger charge is 2.30. The number of hydrogen-bond acceptors (Lipinski definition) is 4. The summed E-state index contributed by atoms with van der Waals surface area (Å²) in [5.74, 6) is 0.643. The second-order valence-corrected chi connectivity index (χ2v) is 6.31. The first-order valence-corrected chi connectivity index (χ1v) is 7.31. The number of amides is 1. The van der Waals surface area contributed by atoms with E-state index < -0.39 is 0 Å². The van der Waals surface area contributed by atoms with E-state index in [4.69, 9.17) is 0 Å². The van der Waals surface area contributed by atoms with Gasteiger partial charge < -0.3 is 10.2 Å². The highest BCUT2D eigenvalue weighted by Crippen LogP contribution is 2.21. The first kappa shape index (κ1) is 13.5. The van der Waals surface area contributed by atoms with Gasteiger partial charge in [-0.2, -0.15) is 0 Å². The smallest absolute Gasteiger partial charge is 0.240 e. The predicted molar refractivity (Wildman–Crippen MR) is 73.5 cm³/mol. The molecule has 1 aromatic rings. The number of rotatable bonds is 3. The van der Waals surface area contributed by atoms with Crippen LogP contribution < -0.4 is 5.32 Å². The molecule has 2 heterocycles. The van der Waals surface area contributed by atoms with Gasteiger partial charge in [0.05, 0.1) is 17.6 Å². The number of likely N-dealkylation sites (N-methyl/N-ethyl adjacent to an activating group) is 1. The number of nitrogens with one attached hydrogen (secondary N) is 1. The van der Waals surface area contributed by atoms with Crippen molar-refractivity contribution in [3.8, 4) is 0 Å². The van der Waals surface area contributed by atoms with Gasteiger partial charge in [-0.1, -0.05) is 6.92 Å². The van der Waals surface area contributed by atoms with Gasteiger partial charge in [0.15, 0.2) is 0 Å². The van der Waals surface area contributed by atoms with Crippen LogP contribution in [-0.2, 0) is 11.3 Å². The topological polar surface area (TPSA) is 45.2 Å². The molecule has 2 unspecified atom stereocenters. The van der Waals surface area contributed by atoms with Crippen LogP contribution in [0.2, 0.25) is 0 Å². The van der Waals surface area contributed by atoms with E-state index in [1.165, 1.54) is 4.88 Å². The maximum atomic E-state index is 12.4. The molecule has 0 saturated carbocycles. The lowest BCUT2D eigenvalue weighted by molar-refractivity contribution is -0.134. The summed E-state index contributed by atoms with van der Waals surface area (Å²) in [7, 11) is 1.87. The van der Waals surface area contributed by atoms with Crippen LogP contribution in [-0.4, -0.2) is 35.4 Å². The standard InChI is InChI=1S/C13H21N3OS/c1-9-5-4-6-16(13(17)12(9)14-3)8-11-7-15-10(2)18-11/h7,9,12,14H,4-6,8H2,1-3H3. The van der Waals surface area contributed by atoms with Crippen LogP contribution in [0.3, 0.4) is 0 Å². The second-order valence-electron chi connectivity index (χ2n) is 4.99.